The third-order valence-corrected chi connectivity index (χ3v) is 4.27. The average molecular weight is 316 g/mol. The van der Waals surface area contributed by atoms with Gasteiger partial charge >= 0.3 is 0 Å². The molecule has 1 fully saturated rings. The molecule has 24 heavy (non-hydrogen) atoms. The SMILES string of the molecule is C(=C\c1cc2ccccc2c(N2CCNCC2)n1)/c1ccccn1. The molecule has 2 aromatic heterocycles. The van der Waals surface area contributed by atoms with Gasteiger partial charge in [0.25, 0.3) is 0 Å². The molecular weight excluding hydrogens is 296 g/mol. The predicted octanol–water partition coefficient (Wildman–Crippen LogP) is 3.21. The zero-order chi connectivity index (χ0) is 16.2. The third-order valence-electron chi connectivity index (χ3n) is 4.27. The van der Waals surface area contributed by atoms with Crippen LogP contribution in [0.3, 0.4) is 0 Å². The van der Waals surface area contributed by atoms with E-state index in [4.69, 9.17) is 4.98 Å². The topological polar surface area (TPSA) is 41.0 Å². The number of benzene rings is 1. The quantitative estimate of drug-likeness (QED) is 0.805. The van der Waals surface area contributed by atoms with Crippen LogP contribution in [0.15, 0.2) is 54.7 Å². The molecule has 0 atom stereocenters. The van der Waals surface area contributed by atoms with Gasteiger partial charge in [0.2, 0.25) is 0 Å². The number of nitrogens with one attached hydrogen (secondary N) is 1. The monoisotopic (exact) mass is 316 g/mol. The second kappa shape index (κ2) is 6.81. The number of nitrogens with zero attached hydrogens (tertiary/aromatic N) is 3. The Hall–Kier alpha value is -2.72. The van der Waals surface area contributed by atoms with Crippen molar-refractivity contribution in [2.75, 3.05) is 31.1 Å². The van der Waals surface area contributed by atoms with Crippen molar-refractivity contribution in [2.24, 2.45) is 0 Å². The second-order valence-electron chi connectivity index (χ2n) is 5.92. The summed E-state index contributed by atoms with van der Waals surface area (Å²) >= 11 is 0. The second-order valence-corrected chi connectivity index (χ2v) is 5.92. The first-order valence-electron chi connectivity index (χ1n) is 8.35. The van der Waals surface area contributed by atoms with Gasteiger partial charge in [-0.3, -0.25) is 4.98 Å². The van der Waals surface area contributed by atoms with Gasteiger partial charge < -0.3 is 10.2 Å². The Balaban J connectivity index is 1.75. The van der Waals surface area contributed by atoms with E-state index in [9.17, 15) is 0 Å². The molecule has 0 saturated carbocycles. The van der Waals surface area contributed by atoms with E-state index < -0.39 is 0 Å². The minimum Gasteiger partial charge on any atom is -0.354 e. The van der Waals surface area contributed by atoms with Crippen LogP contribution in [0, 0.1) is 0 Å². The predicted molar refractivity (Wildman–Crippen MR) is 100.0 cm³/mol. The van der Waals surface area contributed by atoms with Gasteiger partial charge in [0.05, 0.1) is 11.4 Å². The molecule has 0 aliphatic carbocycles. The molecule has 0 radical (unpaired) electrons. The Morgan fingerprint density at radius 2 is 1.71 bits per heavy atom. The van der Waals surface area contributed by atoms with Gasteiger partial charge in [0, 0.05) is 37.8 Å². The minimum atomic E-state index is 0.941. The third kappa shape index (κ3) is 3.14. The summed E-state index contributed by atoms with van der Waals surface area (Å²) in [6.07, 6.45) is 5.86. The van der Waals surface area contributed by atoms with Gasteiger partial charge in [-0.15, -0.1) is 0 Å². The van der Waals surface area contributed by atoms with Crippen LogP contribution in [0.25, 0.3) is 22.9 Å². The highest BCUT2D eigenvalue weighted by Crippen LogP contribution is 2.26. The molecule has 0 bridgehead atoms. The van der Waals surface area contributed by atoms with Crippen molar-refractivity contribution in [1.29, 1.82) is 0 Å². The molecular formula is C20H20N4. The smallest absolute Gasteiger partial charge is 0.137 e. The highest BCUT2D eigenvalue weighted by atomic mass is 15.2. The van der Waals surface area contributed by atoms with E-state index in [-0.39, 0.29) is 0 Å². The normalized spacial score (nSPS) is 15.2. The highest BCUT2D eigenvalue weighted by molar-refractivity contribution is 5.94. The standard InChI is InChI=1S/C20H20N4/c1-2-7-19-16(5-1)15-18(9-8-17-6-3-4-10-22-17)23-20(19)24-13-11-21-12-14-24/h1-10,15,21H,11-14H2/b9-8+. The number of hydrogen-bond acceptors (Lipinski definition) is 4. The van der Waals surface area contributed by atoms with Crippen molar-refractivity contribution in [3.63, 3.8) is 0 Å². The van der Waals surface area contributed by atoms with Crippen molar-refractivity contribution >= 4 is 28.7 Å². The Labute approximate surface area is 141 Å². The van der Waals surface area contributed by atoms with E-state index in [2.05, 4.69) is 45.5 Å². The molecule has 0 spiro atoms. The van der Waals surface area contributed by atoms with Crippen LogP contribution in [0.2, 0.25) is 0 Å². The number of rotatable bonds is 3. The number of aromatic nitrogens is 2. The number of piperazine rings is 1. The van der Waals surface area contributed by atoms with E-state index in [1.54, 1.807) is 6.20 Å². The summed E-state index contributed by atoms with van der Waals surface area (Å²) in [5.41, 5.74) is 1.91. The first kappa shape index (κ1) is 14.8. The lowest BCUT2D eigenvalue weighted by atomic mass is 10.1. The zero-order valence-electron chi connectivity index (χ0n) is 13.5. The lowest BCUT2D eigenvalue weighted by molar-refractivity contribution is 0.586. The molecule has 1 saturated heterocycles. The maximum atomic E-state index is 4.92. The van der Waals surface area contributed by atoms with Gasteiger partial charge in [-0.2, -0.15) is 0 Å². The molecule has 1 aliphatic heterocycles. The Morgan fingerprint density at radius 1 is 0.917 bits per heavy atom. The summed E-state index contributed by atoms with van der Waals surface area (Å²) in [7, 11) is 0. The summed E-state index contributed by atoms with van der Waals surface area (Å²) in [5, 5.41) is 5.84. The van der Waals surface area contributed by atoms with Crippen molar-refractivity contribution in [1.82, 2.24) is 15.3 Å². The minimum absolute atomic E-state index is 0.941. The molecule has 4 rings (SSSR count). The molecule has 1 aromatic carbocycles. The first-order chi connectivity index (χ1) is 11.9. The average Bonchev–Trinajstić information content (AvgIpc) is 2.67. The van der Waals surface area contributed by atoms with E-state index in [1.807, 2.05) is 30.4 Å². The number of fused-ring (bicyclic) bond motifs is 1. The van der Waals surface area contributed by atoms with Crippen molar-refractivity contribution in [3.05, 3.63) is 66.1 Å². The molecule has 3 heterocycles. The van der Waals surface area contributed by atoms with Gasteiger partial charge in [0.1, 0.15) is 5.82 Å². The van der Waals surface area contributed by atoms with Crippen LogP contribution < -0.4 is 10.2 Å². The molecule has 0 unspecified atom stereocenters. The summed E-state index contributed by atoms with van der Waals surface area (Å²) in [6.45, 7) is 3.99. The lowest BCUT2D eigenvalue weighted by Gasteiger charge is -2.29. The van der Waals surface area contributed by atoms with Crippen molar-refractivity contribution < 1.29 is 0 Å². The number of pyridine rings is 2. The van der Waals surface area contributed by atoms with Crippen LogP contribution in [0.5, 0.6) is 0 Å². The van der Waals surface area contributed by atoms with E-state index in [0.29, 0.717) is 0 Å². The fraction of sp³-hybridized carbons (Fsp3) is 0.200. The lowest BCUT2D eigenvalue weighted by Crippen LogP contribution is -2.44. The van der Waals surface area contributed by atoms with E-state index >= 15 is 0 Å². The molecule has 120 valence electrons. The maximum Gasteiger partial charge on any atom is 0.137 e. The number of anilines is 1. The fourth-order valence-electron chi connectivity index (χ4n) is 3.05. The molecule has 4 nitrogen and oxygen atoms in total. The molecule has 1 aliphatic rings. The summed E-state index contributed by atoms with van der Waals surface area (Å²) < 4.78 is 0. The zero-order valence-corrected chi connectivity index (χ0v) is 13.5. The van der Waals surface area contributed by atoms with Gasteiger partial charge in [-0.25, -0.2) is 4.98 Å². The molecule has 3 aromatic rings. The molecule has 4 heteroatoms. The Bertz CT molecular complexity index is 852. The Kier molecular flexibility index (Phi) is 4.21. The van der Waals surface area contributed by atoms with E-state index in [0.717, 1.165) is 43.4 Å². The van der Waals surface area contributed by atoms with Crippen molar-refractivity contribution in [3.8, 4) is 0 Å². The summed E-state index contributed by atoms with van der Waals surface area (Å²) in [6, 6.07) is 16.5. The van der Waals surface area contributed by atoms with Crippen LogP contribution in [-0.2, 0) is 0 Å². The first-order valence-corrected chi connectivity index (χ1v) is 8.35. The highest BCUT2D eigenvalue weighted by Gasteiger charge is 2.15. The van der Waals surface area contributed by atoms with Crippen LogP contribution in [0.4, 0.5) is 5.82 Å². The molecule has 0 amide bonds. The summed E-state index contributed by atoms with van der Waals surface area (Å²) in [4.78, 5) is 11.6. The van der Waals surface area contributed by atoms with Crippen LogP contribution >= 0.6 is 0 Å². The van der Waals surface area contributed by atoms with Gasteiger partial charge in [-0.05, 0) is 35.7 Å². The Morgan fingerprint density at radius 3 is 2.54 bits per heavy atom. The maximum absolute atomic E-state index is 4.92. The summed E-state index contributed by atoms with van der Waals surface area (Å²) in [5.74, 6) is 1.08. The van der Waals surface area contributed by atoms with Crippen LogP contribution in [-0.4, -0.2) is 36.1 Å². The largest absolute Gasteiger partial charge is 0.354 e. The van der Waals surface area contributed by atoms with Crippen LogP contribution in [0.1, 0.15) is 11.4 Å². The number of hydrogen-bond donors (Lipinski definition) is 1. The van der Waals surface area contributed by atoms with E-state index in [1.165, 1.54) is 10.8 Å². The van der Waals surface area contributed by atoms with Crippen molar-refractivity contribution in [2.45, 2.75) is 0 Å². The fourth-order valence-corrected chi connectivity index (χ4v) is 3.05. The van der Waals surface area contributed by atoms with Gasteiger partial charge in [-0.1, -0.05) is 30.3 Å². The molecule has 1 N–H and O–H groups in total. The van der Waals surface area contributed by atoms with Gasteiger partial charge in [0.15, 0.2) is 0 Å².